The van der Waals surface area contributed by atoms with Gasteiger partial charge in [-0.25, -0.2) is 0 Å². The van der Waals surface area contributed by atoms with Gasteiger partial charge in [0.25, 0.3) is 11.8 Å². The summed E-state index contributed by atoms with van der Waals surface area (Å²) in [5.41, 5.74) is 7.84. The van der Waals surface area contributed by atoms with Crippen LogP contribution in [0.3, 0.4) is 0 Å². The molecule has 0 spiro atoms. The number of rotatable bonds is 12. The van der Waals surface area contributed by atoms with Gasteiger partial charge in [0.2, 0.25) is 11.8 Å². The molecule has 4 aliphatic rings. The van der Waals surface area contributed by atoms with Crippen molar-refractivity contribution in [3.63, 3.8) is 0 Å². The van der Waals surface area contributed by atoms with E-state index in [4.69, 9.17) is 18.9 Å². The van der Waals surface area contributed by atoms with E-state index in [2.05, 4.69) is 35.1 Å². The van der Waals surface area contributed by atoms with Crippen molar-refractivity contribution >= 4 is 46.4 Å². The number of anilines is 4. The van der Waals surface area contributed by atoms with E-state index in [9.17, 15) is 19.2 Å². The quantitative estimate of drug-likeness (QED) is 0.168. The molecule has 0 aliphatic carbocycles. The highest BCUT2D eigenvalue weighted by molar-refractivity contribution is 5.99. The van der Waals surface area contributed by atoms with E-state index >= 15 is 0 Å². The molecule has 0 radical (unpaired) electrons. The molecule has 2 fully saturated rings. The number of carbonyl (C=O) groups is 4. The first-order chi connectivity index (χ1) is 31.1. The molecule has 15 heteroatoms. The van der Waals surface area contributed by atoms with E-state index in [0.29, 0.717) is 86.2 Å². The summed E-state index contributed by atoms with van der Waals surface area (Å²) in [7, 11) is 6.28. The van der Waals surface area contributed by atoms with E-state index in [1.165, 1.54) is 11.1 Å². The second-order valence-electron chi connectivity index (χ2n) is 15.8. The van der Waals surface area contributed by atoms with Gasteiger partial charge in [0.15, 0.2) is 23.0 Å². The van der Waals surface area contributed by atoms with Crippen LogP contribution in [0.1, 0.15) is 44.7 Å². The lowest BCUT2D eigenvalue weighted by atomic mass is 9.98. The fourth-order valence-corrected chi connectivity index (χ4v) is 9.00. The fourth-order valence-electron chi connectivity index (χ4n) is 9.00. The van der Waals surface area contributed by atoms with Crippen molar-refractivity contribution in [3.05, 3.63) is 120 Å². The molecule has 65 heavy (non-hydrogen) atoms. The molecule has 4 amide bonds. The van der Waals surface area contributed by atoms with Crippen LogP contribution in [-0.2, 0) is 22.4 Å². The molecule has 0 atom stereocenters. The summed E-state index contributed by atoms with van der Waals surface area (Å²) in [5.74, 6) is 2.56. The molecule has 4 aromatic carbocycles. The fraction of sp³-hybridized carbons (Fsp3) is 0.360. The van der Waals surface area contributed by atoms with Crippen LogP contribution in [0.2, 0.25) is 0 Å². The summed E-state index contributed by atoms with van der Waals surface area (Å²) in [4.78, 5) is 62.9. The zero-order valence-corrected chi connectivity index (χ0v) is 37.8. The Morgan fingerprint density at radius 2 is 0.862 bits per heavy atom. The minimum atomic E-state index is -0.0107. The molecule has 0 saturated carbocycles. The van der Waals surface area contributed by atoms with Gasteiger partial charge in [-0.05, 0) is 84.6 Å². The summed E-state index contributed by atoms with van der Waals surface area (Å²) < 4.78 is 21.2. The van der Waals surface area contributed by atoms with E-state index in [1.54, 1.807) is 77.0 Å². The number of piperazine rings is 2. The van der Waals surface area contributed by atoms with Crippen LogP contribution in [0.15, 0.2) is 98.1 Å². The summed E-state index contributed by atoms with van der Waals surface area (Å²) >= 11 is 0. The Kier molecular flexibility index (Phi) is 15.8. The van der Waals surface area contributed by atoms with Crippen molar-refractivity contribution in [1.29, 1.82) is 0 Å². The molecule has 2 saturated heterocycles. The Hall–Kier alpha value is -7.00. The molecule has 344 valence electrons. The molecule has 2 N–H and O–H groups in total. The molecule has 15 nitrogen and oxygen atoms in total. The molecular formula is C50H60N6O9. The zero-order valence-electron chi connectivity index (χ0n) is 37.8. The minimum absolute atomic E-state index is 0. The van der Waals surface area contributed by atoms with Crippen LogP contribution in [0.4, 0.5) is 22.7 Å². The van der Waals surface area contributed by atoms with Crippen LogP contribution in [0.5, 0.6) is 23.0 Å². The first kappa shape index (κ1) is 47.5. The van der Waals surface area contributed by atoms with Gasteiger partial charge in [-0.15, -0.1) is 13.2 Å². The highest BCUT2D eigenvalue weighted by atomic mass is 16.5. The van der Waals surface area contributed by atoms with Crippen molar-refractivity contribution in [2.45, 2.75) is 25.7 Å². The standard InChI is InChI=1S/2C25H29N3O4.H2O/c2*1-4-12-28-21-7-5-6-20(19(21)9-11-24(28)29)26-13-15-27(16-14-26)25(30)18-8-10-22(31-2)23(17-18)32-3;/h2*4-8,10,17H,1,9,11-16H2,2-3H3;1H2. The van der Waals surface area contributed by atoms with Crippen molar-refractivity contribution in [1.82, 2.24) is 9.80 Å². The predicted molar refractivity (Wildman–Crippen MR) is 254 cm³/mol. The molecule has 4 heterocycles. The number of nitrogens with zero attached hydrogens (tertiary/aromatic N) is 6. The summed E-state index contributed by atoms with van der Waals surface area (Å²) in [5, 5.41) is 0. The lowest BCUT2D eigenvalue weighted by Gasteiger charge is -2.39. The normalized spacial score (nSPS) is 15.7. The van der Waals surface area contributed by atoms with Crippen LogP contribution >= 0.6 is 0 Å². The first-order valence-corrected chi connectivity index (χ1v) is 21.7. The Morgan fingerprint density at radius 1 is 0.508 bits per heavy atom. The second-order valence-corrected chi connectivity index (χ2v) is 15.8. The largest absolute Gasteiger partial charge is 0.493 e. The summed E-state index contributed by atoms with van der Waals surface area (Å²) in [6.07, 6.45) is 6.02. The number of benzene rings is 4. The maximum absolute atomic E-state index is 13.1. The maximum atomic E-state index is 13.1. The highest BCUT2D eigenvalue weighted by Gasteiger charge is 2.31. The number of fused-ring (bicyclic) bond motifs is 2. The molecule has 8 rings (SSSR count). The van der Waals surface area contributed by atoms with E-state index in [1.807, 2.05) is 43.9 Å². The van der Waals surface area contributed by atoms with Gasteiger partial charge < -0.3 is 53.8 Å². The molecule has 4 aromatic rings. The SMILES string of the molecule is C=CCN1C(=O)CCc2c(N3CCN(C(=O)c4ccc(OC)c(OC)c4)CC3)cccc21.C=CCN1C(=O)CCc2c(N3CCN(C(=O)c4ccc(OC)c(OC)c4)CC3)cccc21.O. The Balaban J connectivity index is 0.000000212. The van der Waals surface area contributed by atoms with Crippen molar-refractivity contribution in [2.24, 2.45) is 0 Å². The minimum Gasteiger partial charge on any atom is -0.493 e. The van der Waals surface area contributed by atoms with Gasteiger partial charge >= 0.3 is 0 Å². The number of ether oxygens (including phenoxy) is 4. The van der Waals surface area contributed by atoms with E-state index in [0.717, 1.165) is 61.8 Å². The van der Waals surface area contributed by atoms with Gasteiger partial charge in [0.1, 0.15) is 0 Å². The number of hydrogen-bond acceptors (Lipinski definition) is 10. The highest BCUT2D eigenvalue weighted by Crippen LogP contribution is 2.38. The lowest BCUT2D eigenvalue weighted by Crippen LogP contribution is -2.49. The van der Waals surface area contributed by atoms with Gasteiger partial charge in [-0.3, -0.25) is 19.2 Å². The van der Waals surface area contributed by atoms with Crippen molar-refractivity contribution < 1.29 is 43.6 Å². The van der Waals surface area contributed by atoms with Gasteiger partial charge in [0.05, 0.1) is 28.4 Å². The average molecular weight is 889 g/mol. The monoisotopic (exact) mass is 888 g/mol. The van der Waals surface area contributed by atoms with Gasteiger partial charge in [-0.2, -0.15) is 0 Å². The van der Waals surface area contributed by atoms with E-state index in [-0.39, 0.29) is 29.1 Å². The van der Waals surface area contributed by atoms with Crippen LogP contribution in [0.25, 0.3) is 0 Å². The van der Waals surface area contributed by atoms with Crippen molar-refractivity contribution in [3.8, 4) is 23.0 Å². The van der Waals surface area contributed by atoms with Gasteiger partial charge in [-0.1, -0.05) is 24.3 Å². The van der Waals surface area contributed by atoms with E-state index < -0.39 is 0 Å². The number of hydrogen-bond donors (Lipinski definition) is 0. The van der Waals surface area contributed by atoms with Gasteiger partial charge in [0, 0.05) is 112 Å². The Morgan fingerprint density at radius 3 is 1.20 bits per heavy atom. The average Bonchev–Trinajstić information content (AvgIpc) is 3.34. The van der Waals surface area contributed by atoms with Crippen LogP contribution in [0, 0.1) is 0 Å². The predicted octanol–water partition coefficient (Wildman–Crippen LogP) is 5.44. The Bertz CT molecular complexity index is 2220. The lowest BCUT2D eigenvalue weighted by molar-refractivity contribution is -0.119. The van der Waals surface area contributed by atoms with Crippen LogP contribution in [-0.4, -0.2) is 133 Å². The first-order valence-electron chi connectivity index (χ1n) is 21.7. The smallest absolute Gasteiger partial charge is 0.254 e. The number of carbonyl (C=O) groups excluding carboxylic acids is 4. The Labute approximate surface area is 381 Å². The molecular weight excluding hydrogens is 829 g/mol. The molecule has 0 bridgehead atoms. The zero-order chi connectivity index (χ0) is 45.3. The number of amides is 4. The third-order valence-electron chi connectivity index (χ3n) is 12.3. The topological polar surface area (TPSA) is 156 Å². The summed E-state index contributed by atoms with van der Waals surface area (Å²) in [6, 6.07) is 22.8. The van der Waals surface area contributed by atoms with Crippen LogP contribution < -0.4 is 38.5 Å². The maximum Gasteiger partial charge on any atom is 0.254 e. The summed E-state index contributed by atoms with van der Waals surface area (Å²) in [6.45, 7) is 14.1. The molecule has 0 aromatic heterocycles. The van der Waals surface area contributed by atoms with Crippen molar-refractivity contribution in [2.75, 3.05) is 113 Å². The molecule has 4 aliphatic heterocycles. The second kappa shape index (κ2) is 21.6. The third kappa shape index (κ3) is 10.0. The number of methoxy groups -OCH3 is 4. The molecule has 0 unspecified atom stereocenters. The third-order valence-corrected chi connectivity index (χ3v) is 12.3.